The smallest absolute Gasteiger partial charge is 0.366 e. The van der Waals surface area contributed by atoms with Gasteiger partial charge in [0.05, 0.1) is 24.0 Å². The molecule has 0 unspecified atom stereocenters. The Hall–Kier alpha value is -2.89. The molecular weight excluding hydrogens is 453 g/mol. The van der Waals surface area contributed by atoms with Crippen LogP contribution < -0.4 is 5.32 Å². The van der Waals surface area contributed by atoms with Crippen molar-refractivity contribution in [2.75, 3.05) is 32.8 Å². The molecule has 9 nitrogen and oxygen atoms in total. The number of nitrogens with one attached hydrogen (secondary N) is 1. The predicted molar refractivity (Wildman–Crippen MR) is 112 cm³/mol. The predicted octanol–water partition coefficient (Wildman–Crippen LogP) is 1.71. The molecular formula is C22H25F3N6O3. The van der Waals surface area contributed by atoms with Crippen LogP contribution in [0, 0.1) is 11.3 Å². The van der Waals surface area contributed by atoms with Gasteiger partial charge in [-0.1, -0.05) is 0 Å². The van der Waals surface area contributed by atoms with Gasteiger partial charge in [0, 0.05) is 44.0 Å². The number of piperidine rings is 1. The van der Waals surface area contributed by atoms with Crippen LogP contribution in [0.25, 0.3) is 5.65 Å². The Morgan fingerprint density at radius 3 is 2.79 bits per heavy atom. The number of fused-ring (bicyclic) bond motifs is 2. The Morgan fingerprint density at radius 1 is 1.24 bits per heavy atom. The number of carbonyl (C=O) groups is 2. The van der Waals surface area contributed by atoms with Crippen LogP contribution in [-0.2, 0) is 22.1 Å². The van der Waals surface area contributed by atoms with Gasteiger partial charge in [-0.05, 0) is 31.6 Å². The van der Waals surface area contributed by atoms with Gasteiger partial charge in [-0.3, -0.25) is 9.78 Å². The second kappa shape index (κ2) is 7.56. The molecule has 0 aromatic carbocycles. The van der Waals surface area contributed by atoms with E-state index in [-0.39, 0.29) is 41.8 Å². The highest BCUT2D eigenvalue weighted by Gasteiger charge is 2.54. The number of rotatable bonds is 2. The molecule has 0 bridgehead atoms. The summed E-state index contributed by atoms with van der Waals surface area (Å²) in [5, 5.41) is 2.92. The molecule has 2 aromatic heterocycles. The molecule has 5 heterocycles. The quantitative estimate of drug-likeness (QED) is 0.710. The zero-order valence-corrected chi connectivity index (χ0v) is 18.4. The second-order valence-electron chi connectivity index (χ2n) is 10.1. The number of morpholine rings is 1. The Kier molecular flexibility index (Phi) is 4.81. The molecule has 1 spiro atoms. The van der Waals surface area contributed by atoms with Crippen LogP contribution in [0.15, 0.2) is 18.6 Å². The van der Waals surface area contributed by atoms with Gasteiger partial charge in [-0.15, -0.1) is 0 Å². The number of likely N-dealkylation sites (tertiary alicyclic amines) is 2. The molecule has 1 aliphatic carbocycles. The lowest BCUT2D eigenvalue weighted by Crippen LogP contribution is -2.68. The molecule has 2 aromatic rings. The fourth-order valence-electron chi connectivity index (χ4n) is 6.02. The highest BCUT2D eigenvalue weighted by molar-refractivity contribution is 5.79. The topological polar surface area (TPSA) is 92.1 Å². The summed E-state index contributed by atoms with van der Waals surface area (Å²) in [7, 11) is 0. The van der Waals surface area contributed by atoms with E-state index >= 15 is 0 Å². The highest BCUT2D eigenvalue weighted by atomic mass is 19.4. The van der Waals surface area contributed by atoms with E-state index in [2.05, 4.69) is 15.3 Å². The molecule has 6 rings (SSSR count). The summed E-state index contributed by atoms with van der Waals surface area (Å²) in [4.78, 5) is 36.1. The van der Waals surface area contributed by atoms with Crippen molar-refractivity contribution in [3.8, 4) is 0 Å². The van der Waals surface area contributed by atoms with Gasteiger partial charge in [0.15, 0.2) is 11.3 Å². The van der Waals surface area contributed by atoms with Crippen molar-refractivity contribution in [2.45, 2.75) is 44.0 Å². The Bertz CT molecular complexity index is 1140. The number of hydrogen-bond donors (Lipinski definition) is 1. The molecule has 3 amide bonds. The van der Waals surface area contributed by atoms with Crippen molar-refractivity contribution in [1.29, 1.82) is 0 Å². The molecule has 1 saturated carbocycles. The Morgan fingerprint density at radius 2 is 2.03 bits per heavy atom. The third-order valence-corrected chi connectivity index (χ3v) is 7.54. The fourth-order valence-corrected chi connectivity index (χ4v) is 6.02. The number of alkyl halides is 3. The minimum Gasteiger partial charge on any atom is -0.366 e. The van der Waals surface area contributed by atoms with Crippen molar-refractivity contribution in [3.05, 3.63) is 30.0 Å². The van der Waals surface area contributed by atoms with Gasteiger partial charge >= 0.3 is 12.2 Å². The minimum atomic E-state index is -4.48. The van der Waals surface area contributed by atoms with E-state index in [0.29, 0.717) is 25.4 Å². The molecule has 3 saturated heterocycles. The largest absolute Gasteiger partial charge is 0.434 e. The van der Waals surface area contributed by atoms with E-state index in [4.69, 9.17) is 4.74 Å². The summed E-state index contributed by atoms with van der Waals surface area (Å²) >= 11 is 0. The maximum Gasteiger partial charge on any atom is 0.434 e. The number of urea groups is 1. The number of aromatic nitrogens is 3. The second-order valence-corrected chi connectivity index (χ2v) is 10.1. The minimum absolute atomic E-state index is 0.0139. The summed E-state index contributed by atoms with van der Waals surface area (Å²) in [6.45, 7) is 2.63. The summed E-state index contributed by atoms with van der Waals surface area (Å²) in [6.07, 6.45) is 2.86. The van der Waals surface area contributed by atoms with Crippen LogP contribution in [0.1, 0.15) is 30.7 Å². The first-order valence-corrected chi connectivity index (χ1v) is 11.5. The van der Waals surface area contributed by atoms with Crippen LogP contribution in [0.5, 0.6) is 0 Å². The van der Waals surface area contributed by atoms with E-state index in [0.717, 1.165) is 44.2 Å². The van der Waals surface area contributed by atoms with Gasteiger partial charge in [0.25, 0.3) is 0 Å². The van der Waals surface area contributed by atoms with Crippen molar-refractivity contribution in [1.82, 2.24) is 29.5 Å². The van der Waals surface area contributed by atoms with E-state index < -0.39 is 11.9 Å². The van der Waals surface area contributed by atoms with Crippen molar-refractivity contribution < 1.29 is 27.5 Å². The first kappa shape index (κ1) is 21.6. The molecule has 4 aliphatic rings. The normalized spacial score (nSPS) is 26.7. The SMILES string of the molecule is O=C1CO[C@H]2CCN(C(=O)N3CC4(CC(Cc5cn6cc(C(F)(F)F)nc6cn5)C4)C3)C[C@H]2N1. The van der Waals surface area contributed by atoms with Crippen molar-refractivity contribution in [2.24, 2.45) is 11.3 Å². The first-order chi connectivity index (χ1) is 16.2. The molecule has 4 fully saturated rings. The van der Waals surface area contributed by atoms with E-state index in [1.807, 2.05) is 4.90 Å². The van der Waals surface area contributed by atoms with Crippen LogP contribution in [0.3, 0.4) is 0 Å². The molecule has 182 valence electrons. The maximum absolute atomic E-state index is 12.9. The molecule has 1 N–H and O–H groups in total. The van der Waals surface area contributed by atoms with E-state index in [1.54, 1.807) is 11.1 Å². The zero-order valence-electron chi connectivity index (χ0n) is 18.4. The number of halogens is 3. The Balaban J connectivity index is 1.00. The summed E-state index contributed by atoms with van der Waals surface area (Å²) in [5.74, 6) is 0.264. The lowest BCUT2D eigenvalue weighted by Gasteiger charge is -2.60. The van der Waals surface area contributed by atoms with E-state index in [1.165, 1.54) is 10.6 Å². The number of ether oxygens (including phenoxy) is 1. The molecule has 2 atom stereocenters. The lowest BCUT2D eigenvalue weighted by atomic mass is 9.57. The first-order valence-electron chi connectivity index (χ1n) is 11.5. The molecule has 0 radical (unpaired) electrons. The third-order valence-electron chi connectivity index (χ3n) is 7.54. The van der Waals surface area contributed by atoms with Crippen LogP contribution >= 0.6 is 0 Å². The van der Waals surface area contributed by atoms with Crippen LogP contribution in [0.2, 0.25) is 0 Å². The van der Waals surface area contributed by atoms with Gasteiger partial charge in [0.1, 0.15) is 6.61 Å². The lowest BCUT2D eigenvalue weighted by molar-refractivity contribution is -0.141. The summed E-state index contributed by atoms with van der Waals surface area (Å²) in [5.41, 5.74) is 0.141. The number of hydrogen-bond acceptors (Lipinski definition) is 5. The number of imidazole rings is 1. The summed E-state index contributed by atoms with van der Waals surface area (Å²) < 4.78 is 45.6. The van der Waals surface area contributed by atoms with Crippen molar-refractivity contribution in [3.63, 3.8) is 0 Å². The fraction of sp³-hybridized carbons (Fsp3) is 0.636. The van der Waals surface area contributed by atoms with Gasteiger partial charge in [0.2, 0.25) is 5.91 Å². The molecule has 12 heteroatoms. The van der Waals surface area contributed by atoms with Crippen LogP contribution in [-0.4, -0.2) is 81.0 Å². The molecule has 34 heavy (non-hydrogen) atoms. The van der Waals surface area contributed by atoms with Crippen LogP contribution in [0.4, 0.5) is 18.0 Å². The molecule has 3 aliphatic heterocycles. The maximum atomic E-state index is 12.9. The third kappa shape index (κ3) is 3.77. The Labute approximate surface area is 193 Å². The standard InChI is InChI=1S/C22H25F3N6O3/c23-22(24,25)17-9-30-7-14(26-6-18(30)28-17)3-13-4-21(5-13)11-31(12-21)20(33)29-2-1-16-15(8-29)27-19(32)10-34-16/h6-7,9,13,15-16H,1-5,8,10-12H2,(H,27,32)/t15-,16+/m1/s1. The average molecular weight is 478 g/mol. The zero-order chi connectivity index (χ0) is 23.7. The monoisotopic (exact) mass is 478 g/mol. The summed E-state index contributed by atoms with van der Waals surface area (Å²) in [6, 6.07) is -0.130. The van der Waals surface area contributed by atoms with Gasteiger partial charge in [-0.25, -0.2) is 9.78 Å². The van der Waals surface area contributed by atoms with E-state index in [9.17, 15) is 22.8 Å². The number of nitrogens with zero attached hydrogens (tertiary/aromatic N) is 5. The number of amides is 3. The van der Waals surface area contributed by atoms with Gasteiger partial charge < -0.3 is 24.3 Å². The van der Waals surface area contributed by atoms with Gasteiger partial charge in [-0.2, -0.15) is 13.2 Å². The van der Waals surface area contributed by atoms with Crippen molar-refractivity contribution >= 4 is 17.6 Å². The highest BCUT2D eigenvalue weighted by Crippen LogP contribution is 2.53. The number of carbonyl (C=O) groups excluding carboxylic acids is 2. The average Bonchev–Trinajstić information content (AvgIpc) is 3.17.